The van der Waals surface area contributed by atoms with Crippen LogP contribution < -0.4 is 5.73 Å². The average Bonchev–Trinajstić information content (AvgIpc) is 2.04. The van der Waals surface area contributed by atoms with Crippen molar-refractivity contribution in [2.45, 2.75) is 38.5 Å². The fourth-order valence-corrected chi connectivity index (χ4v) is 2.13. The molecule has 2 atom stereocenters. The zero-order chi connectivity index (χ0) is 8.97. The van der Waals surface area contributed by atoms with Crippen molar-refractivity contribution in [3.05, 3.63) is 0 Å². The lowest BCUT2D eigenvalue weighted by Gasteiger charge is -2.30. The summed E-state index contributed by atoms with van der Waals surface area (Å²) in [6, 6.07) is 0. The molecule has 12 heavy (non-hydrogen) atoms. The van der Waals surface area contributed by atoms with Crippen molar-refractivity contribution in [1.29, 1.82) is 0 Å². The summed E-state index contributed by atoms with van der Waals surface area (Å²) in [5.74, 6) is 0.538. The first-order valence-electron chi connectivity index (χ1n) is 4.72. The second-order valence-electron chi connectivity index (χ2n) is 3.67. The minimum absolute atomic E-state index is 0.0574. The molecule has 0 aromatic heterocycles. The summed E-state index contributed by atoms with van der Waals surface area (Å²) in [5, 5.41) is 0. The van der Waals surface area contributed by atoms with Crippen molar-refractivity contribution in [2.75, 3.05) is 6.54 Å². The summed E-state index contributed by atoms with van der Waals surface area (Å²) in [7, 11) is 0. The van der Waals surface area contributed by atoms with Gasteiger partial charge in [-0.15, -0.1) is 0 Å². The van der Waals surface area contributed by atoms with Crippen molar-refractivity contribution in [3.8, 4) is 0 Å². The van der Waals surface area contributed by atoms with Gasteiger partial charge in [-0.05, 0) is 31.2 Å². The van der Waals surface area contributed by atoms with Crippen LogP contribution in [-0.4, -0.2) is 13.0 Å². The summed E-state index contributed by atoms with van der Waals surface area (Å²) >= 11 is 0. The van der Waals surface area contributed by atoms with E-state index in [9.17, 15) is 8.78 Å². The van der Waals surface area contributed by atoms with Crippen LogP contribution in [0, 0.1) is 11.8 Å². The van der Waals surface area contributed by atoms with E-state index in [0.717, 1.165) is 19.3 Å². The van der Waals surface area contributed by atoms with Crippen molar-refractivity contribution >= 4 is 0 Å². The van der Waals surface area contributed by atoms with Gasteiger partial charge in [-0.3, -0.25) is 0 Å². The Labute approximate surface area is 72.3 Å². The highest BCUT2D eigenvalue weighted by Gasteiger charge is 2.26. The van der Waals surface area contributed by atoms with Gasteiger partial charge < -0.3 is 5.73 Å². The maximum atomic E-state index is 12.1. The van der Waals surface area contributed by atoms with Crippen LogP contribution in [0.25, 0.3) is 0 Å². The third-order valence-corrected chi connectivity index (χ3v) is 2.85. The van der Waals surface area contributed by atoms with E-state index < -0.39 is 6.43 Å². The quantitative estimate of drug-likeness (QED) is 0.703. The summed E-state index contributed by atoms with van der Waals surface area (Å²) in [6.07, 6.45) is 2.18. The first kappa shape index (κ1) is 9.90. The number of nitrogens with two attached hydrogens (primary N) is 1. The van der Waals surface area contributed by atoms with Crippen LogP contribution in [0.2, 0.25) is 0 Å². The molecule has 0 spiro atoms. The predicted molar refractivity (Wildman–Crippen MR) is 45.1 cm³/mol. The van der Waals surface area contributed by atoms with Gasteiger partial charge in [0, 0.05) is 6.42 Å². The SMILES string of the molecule is NCC1CCCCC1CC(F)F. The van der Waals surface area contributed by atoms with Gasteiger partial charge in [0.1, 0.15) is 0 Å². The Bertz CT molecular complexity index is 128. The monoisotopic (exact) mass is 177 g/mol. The number of hydrogen-bond donors (Lipinski definition) is 1. The smallest absolute Gasteiger partial charge is 0.238 e. The summed E-state index contributed by atoms with van der Waals surface area (Å²) < 4.78 is 24.2. The van der Waals surface area contributed by atoms with Gasteiger partial charge in [0.25, 0.3) is 0 Å². The predicted octanol–water partition coefficient (Wildman–Crippen LogP) is 2.41. The summed E-state index contributed by atoms with van der Waals surface area (Å²) in [6.45, 7) is 0.581. The van der Waals surface area contributed by atoms with E-state index in [4.69, 9.17) is 5.73 Å². The van der Waals surface area contributed by atoms with Crippen LogP contribution in [0.3, 0.4) is 0 Å². The average molecular weight is 177 g/mol. The molecule has 1 rings (SSSR count). The van der Waals surface area contributed by atoms with Gasteiger partial charge in [0.15, 0.2) is 0 Å². The standard InChI is InChI=1S/C9H17F2N/c10-9(11)5-7-3-1-2-4-8(7)6-12/h7-9H,1-6,12H2. The second-order valence-corrected chi connectivity index (χ2v) is 3.67. The van der Waals surface area contributed by atoms with Gasteiger partial charge in [-0.25, -0.2) is 8.78 Å². The molecule has 3 heteroatoms. The molecule has 0 saturated heterocycles. The molecule has 0 aromatic rings. The molecule has 2 unspecified atom stereocenters. The molecule has 1 nitrogen and oxygen atoms in total. The molecule has 1 saturated carbocycles. The van der Waals surface area contributed by atoms with Crippen LogP contribution >= 0.6 is 0 Å². The van der Waals surface area contributed by atoms with Crippen LogP contribution in [0.15, 0.2) is 0 Å². The Morgan fingerprint density at radius 2 is 1.75 bits per heavy atom. The lowest BCUT2D eigenvalue weighted by atomic mass is 9.77. The van der Waals surface area contributed by atoms with E-state index in [1.807, 2.05) is 0 Å². The first-order valence-corrected chi connectivity index (χ1v) is 4.72. The molecular formula is C9H17F2N. The maximum absolute atomic E-state index is 12.1. The molecule has 0 heterocycles. The van der Waals surface area contributed by atoms with E-state index >= 15 is 0 Å². The zero-order valence-electron chi connectivity index (χ0n) is 7.31. The molecule has 72 valence electrons. The van der Waals surface area contributed by atoms with Crippen molar-refractivity contribution in [3.63, 3.8) is 0 Å². The summed E-state index contributed by atoms with van der Waals surface area (Å²) in [4.78, 5) is 0. The Kier molecular flexibility index (Phi) is 3.92. The molecule has 0 aliphatic heterocycles. The fraction of sp³-hybridized carbons (Fsp3) is 1.00. The van der Waals surface area contributed by atoms with Crippen LogP contribution in [-0.2, 0) is 0 Å². The van der Waals surface area contributed by atoms with E-state index in [0.29, 0.717) is 12.5 Å². The second kappa shape index (κ2) is 4.75. The van der Waals surface area contributed by atoms with Crippen LogP contribution in [0.4, 0.5) is 8.78 Å². The van der Waals surface area contributed by atoms with Gasteiger partial charge in [-0.1, -0.05) is 12.8 Å². The molecule has 1 aliphatic carbocycles. The zero-order valence-corrected chi connectivity index (χ0v) is 7.31. The van der Waals surface area contributed by atoms with Gasteiger partial charge in [0.2, 0.25) is 6.43 Å². The molecule has 1 aliphatic rings. The van der Waals surface area contributed by atoms with Crippen LogP contribution in [0.5, 0.6) is 0 Å². The number of rotatable bonds is 3. The lowest BCUT2D eigenvalue weighted by molar-refractivity contribution is 0.0837. The largest absolute Gasteiger partial charge is 0.330 e. The van der Waals surface area contributed by atoms with Crippen molar-refractivity contribution in [1.82, 2.24) is 0 Å². The first-order chi connectivity index (χ1) is 5.74. The van der Waals surface area contributed by atoms with E-state index in [2.05, 4.69) is 0 Å². The number of halogens is 2. The van der Waals surface area contributed by atoms with E-state index in [1.54, 1.807) is 0 Å². The lowest BCUT2D eigenvalue weighted by Crippen LogP contribution is -2.28. The Balaban J connectivity index is 2.36. The van der Waals surface area contributed by atoms with E-state index in [-0.39, 0.29) is 12.3 Å². The highest BCUT2D eigenvalue weighted by molar-refractivity contribution is 4.76. The van der Waals surface area contributed by atoms with E-state index in [1.165, 1.54) is 6.42 Å². The Morgan fingerprint density at radius 3 is 2.25 bits per heavy atom. The number of hydrogen-bond acceptors (Lipinski definition) is 1. The minimum atomic E-state index is -2.15. The molecule has 0 radical (unpaired) electrons. The van der Waals surface area contributed by atoms with Crippen molar-refractivity contribution in [2.24, 2.45) is 17.6 Å². The summed E-state index contributed by atoms with van der Waals surface area (Å²) in [5.41, 5.74) is 5.52. The van der Waals surface area contributed by atoms with Gasteiger partial charge in [-0.2, -0.15) is 0 Å². The highest BCUT2D eigenvalue weighted by atomic mass is 19.3. The Hall–Kier alpha value is -0.180. The van der Waals surface area contributed by atoms with Gasteiger partial charge >= 0.3 is 0 Å². The third-order valence-electron chi connectivity index (χ3n) is 2.85. The van der Waals surface area contributed by atoms with Crippen LogP contribution in [0.1, 0.15) is 32.1 Å². The topological polar surface area (TPSA) is 26.0 Å². The fourth-order valence-electron chi connectivity index (χ4n) is 2.13. The molecule has 0 bridgehead atoms. The maximum Gasteiger partial charge on any atom is 0.238 e. The molecule has 0 amide bonds. The third kappa shape index (κ3) is 2.70. The molecular weight excluding hydrogens is 160 g/mol. The highest BCUT2D eigenvalue weighted by Crippen LogP contribution is 2.33. The minimum Gasteiger partial charge on any atom is -0.330 e. The van der Waals surface area contributed by atoms with Gasteiger partial charge in [0.05, 0.1) is 0 Å². The molecule has 1 fully saturated rings. The normalized spacial score (nSPS) is 31.0. The molecule has 2 N–H and O–H groups in total. The Morgan fingerprint density at radius 1 is 1.17 bits per heavy atom. The number of alkyl halides is 2. The molecule has 0 aromatic carbocycles. The van der Waals surface area contributed by atoms with Crippen molar-refractivity contribution < 1.29 is 8.78 Å².